The summed E-state index contributed by atoms with van der Waals surface area (Å²) >= 11 is 1.81. The van der Waals surface area contributed by atoms with Crippen molar-refractivity contribution in [3.8, 4) is 0 Å². The third kappa shape index (κ3) is 3.33. The molecule has 2 rings (SSSR count). The van der Waals surface area contributed by atoms with E-state index in [9.17, 15) is 8.42 Å². The van der Waals surface area contributed by atoms with Crippen LogP contribution in [-0.2, 0) is 23.8 Å². The molecule has 5 nitrogen and oxygen atoms in total. The van der Waals surface area contributed by atoms with E-state index < -0.39 is 15.9 Å². The molecule has 2 saturated heterocycles. The summed E-state index contributed by atoms with van der Waals surface area (Å²) in [5.41, 5.74) is 0. The zero-order valence-electron chi connectivity index (χ0n) is 9.18. The summed E-state index contributed by atoms with van der Waals surface area (Å²) in [6.07, 6.45) is 2.72. The first kappa shape index (κ1) is 12.6. The molecule has 2 fully saturated rings. The van der Waals surface area contributed by atoms with Gasteiger partial charge in [-0.05, 0) is 12.2 Å². The van der Waals surface area contributed by atoms with Crippen molar-refractivity contribution in [1.82, 2.24) is 0 Å². The quantitative estimate of drug-likeness (QED) is 0.699. The van der Waals surface area contributed by atoms with Crippen LogP contribution in [0, 0.1) is 0 Å². The molecular formula is C9H16O5S2. The molecule has 1 spiro atoms. The van der Waals surface area contributed by atoms with Gasteiger partial charge in [0.15, 0.2) is 5.79 Å². The molecule has 0 N–H and O–H groups in total. The maximum atomic E-state index is 10.8. The van der Waals surface area contributed by atoms with Crippen molar-refractivity contribution in [3.05, 3.63) is 0 Å². The minimum Gasteiger partial charge on any atom is -0.346 e. The van der Waals surface area contributed by atoms with Crippen molar-refractivity contribution < 1.29 is 22.1 Å². The van der Waals surface area contributed by atoms with Gasteiger partial charge >= 0.3 is 0 Å². The lowest BCUT2D eigenvalue weighted by Crippen LogP contribution is -2.37. The topological polar surface area (TPSA) is 61.8 Å². The molecule has 0 aromatic heterocycles. The van der Waals surface area contributed by atoms with Crippen LogP contribution in [0.1, 0.15) is 12.8 Å². The lowest BCUT2D eigenvalue weighted by molar-refractivity contribution is -0.158. The highest BCUT2D eigenvalue weighted by molar-refractivity contribution is 7.99. The van der Waals surface area contributed by atoms with Crippen LogP contribution >= 0.6 is 11.8 Å². The van der Waals surface area contributed by atoms with E-state index in [0.717, 1.165) is 30.6 Å². The van der Waals surface area contributed by atoms with Gasteiger partial charge in [-0.25, -0.2) is 0 Å². The summed E-state index contributed by atoms with van der Waals surface area (Å²) < 4.78 is 37.8. The molecule has 7 heteroatoms. The predicted octanol–water partition coefficient (Wildman–Crippen LogP) is 0.601. The number of thioether (sulfide) groups is 1. The third-order valence-corrected chi connectivity index (χ3v) is 4.34. The molecule has 0 amide bonds. The van der Waals surface area contributed by atoms with Crippen LogP contribution < -0.4 is 0 Å². The summed E-state index contributed by atoms with van der Waals surface area (Å²) in [5.74, 6) is 1.47. The molecule has 2 atom stereocenters. The predicted molar refractivity (Wildman–Crippen MR) is 60.9 cm³/mol. The van der Waals surface area contributed by atoms with Gasteiger partial charge in [-0.3, -0.25) is 4.18 Å². The zero-order valence-corrected chi connectivity index (χ0v) is 10.8. The van der Waals surface area contributed by atoms with E-state index in [0.29, 0.717) is 6.61 Å². The second-order valence-corrected chi connectivity index (χ2v) is 6.86. The summed E-state index contributed by atoms with van der Waals surface area (Å²) in [6, 6.07) is 0. The average molecular weight is 268 g/mol. The van der Waals surface area contributed by atoms with Gasteiger partial charge in [-0.2, -0.15) is 20.2 Å². The molecule has 2 unspecified atom stereocenters. The largest absolute Gasteiger partial charge is 0.346 e. The number of rotatable bonds is 3. The summed E-state index contributed by atoms with van der Waals surface area (Å²) in [6.45, 7) is 0.460. The highest BCUT2D eigenvalue weighted by atomic mass is 32.2. The fourth-order valence-corrected chi connectivity index (χ4v) is 3.35. The smallest absolute Gasteiger partial charge is 0.264 e. The Kier molecular flexibility index (Phi) is 3.80. The average Bonchev–Trinajstić information content (AvgIpc) is 2.59. The van der Waals surface area contributed by atoms with Crippen molar-refractivity contribution in [1.29, 1.82) is 0 Å². The summed E-state index contributed by atoms with van der Waals surface area (Å²) in [5, 5.41) is 0. The Morgan fingerprint density at radius 3 is 3.00 bits per heavy atom. The zero-order chi connectivity index (χ0) is 11.6. The molecule has 16 heavy (non-hydrogen) atoms. The highest BCUT2D eigenvalue weighted by Crippen LogP contribution is 2.36. The van der Waals surface area contributed by atoms with E-state index in [1.807, 2.05) is 11.8 Å². The van der Waals surface area contributed by atoms with Crippen LogP contribution in [0.3, 0.4) is 0 Å². The molecule has 0 aliphatic carbocycles. The molecule has 0 aromatic rings. The van der Waals surface area contributed by atoms with Crippen molar-refractivity contribution in [2.75, 3.05) is 31.0 Å². The van der Waals surface area contributed by atoms with Crippen molar-refractivity contribution in [2.45, 2.75) is 24.7 Å². The van der Waals surface area contributed by atoms with Crippen LogP contribution in [0.2, 0.25) is 0 Å². The minimum atomic E-state index is -3.39. The number of hydrogen-bond acceptors (Lipinski definition) is 6. The Morgan fingerprint density at radius 2 is 2.38 bits per heavy atom. The second-order valence-electron chi connectivity index (χ2n) is 4.11. The lowest BCUT2D eigenvalue weighted by Gasteiger charge is -2.31. The van der Waals surface area contributed by atoms with Crippen LogP contribution in [0.15, 0.2) is 0 Å². The van der Waals surface area contributed by atoms with E-state index in [-0.39, 0.29) is 12.7 Å². The normalized spacial score (nSPS) is 35.7. The summed E-state index contributed by atoms with van der Waals surface area (Å²) in [4.78, 5) is 0. The van der Waals surface area contributed by atoms with E-state index in [1.165, 1.54) is 0 Å². The van der Waals surface area contributed by atoms with Gasteiger partial charge in [-0.1, -0.05) is 0 Å². The number of hydrogen-bond donors (Lipinski definition) is 0. The van der Waals surface area contributed by atoms with Gasteiger partial charge in [0.25, 0.3) is 10.1 Å². The highest BCUT2D eigenvalue weighted by Gasteiger charge is 2.42. The summed E-state index contributed by atoms with van der Waals surface area (Å²) in [7, 11) is -3.39. The van der Waals surface area contributed by atoms with Crippen LogP contribution in [-0.4, -0.2) is 51.3 Å². The Hall–Kier alpha value is 0.180. The molecule has 0 bridgehead atoms. The molecule has 0 aromatic carbocycles. The minimum absolute atomic E-state index is 0.0469. The first-order valence-corrected chi connectivity index (χ1v) is 8.20. The lowest BCUT2D eigenvalue weighted by atomic mass is 10.2. The maximum Gasteiger partial charge on any atom is 0.264 e. The van der Waals surface area contributed by atoms with Gasteiger partial charge in [-0.15, -0.1) is 0 Å². The molecule has 94 valence electrons. The Balaban J connectivity index is 1.83. The van der Waals surface area contributed by atoms with Gasteiger partial charge in [0, 0.05) is 12.2 Å². The fourth-order valence-electron chi connectivity index (χ4n) is 1.85. The van der Waals surface area contributed by atoms with Crippen LogP contribution in [0.25, 0.3) is 0 Å². The molecule has 0 saturated carbocycles. The van der Waals surface area contributed by atoms with Gasteiger partial charge in [0.05, 0.1) is 19.5 Å². The first-order valence-electron chi connectivity index (χ1n) is 5.23. The van der Waals surface area contributed by atoms with E-state index in [4.69, 9.17) is 13.7 Å². The molecule has 2 heterocycles. The fraction of sp³-hybridized carbons (Fsp3) is 1.00. The second kappa shape index (κ2) is 4.81. The molecule has 2 aliphatic heterocycles. The van der Waals surface area contributed by atoms with Crippen LogP contribution in [0.4, 0.5) is 0 Å². The Bertz CT molecular complexity index is 334. The van der Waals surface area contributed by atoms with E-state index in [1.54, 1.807) is 0 Å². The Labute approximate surface area is 99.9 Å². The van der Waals surface area contributed by atoms with Crippen molar-refractivity contribution >= 4 is 21.9 Å². The van der Waals surface area contributed by atoms with Gasteiger partial charge in [0.1, 0.15) is 6.10 Å². The van der Waals surface area contributed by atoms with E-state index in [2.05, 4.69) is 0 Å². The maximum absolute atomic E-state index is 10.8. The van der Waals surface area contributed by atoms with Crippen LogP contribution in [0.5, 0.6) is 0 Å². The SMILES string of the molecule is CS(=O)(=O)OCC1COC2(CCCSC2)O1. The molecule has 2 aliphatic rings. The standard InChI is InChI=1S/C9H16O5S2/c1-16(10,11)13-6-8-5-12-9(14-8)3-2-4-15-7-9/h8H,2-7H2,1H3. The third-order valence-electron chi connectivity index (χ3n) is 2.55. The Morgan fingerprint density at radius 1 is 1.56 bits per heavy atom. The molecular weight excluding hydrogens is 252 g/mol. The van der Waals surface area contributed by atoms with Crippen molar-refractivity contribution in [2.24, 2.45) is 0 Å². The van der Waals surface area contributed by atoms with E-state index >= 15 is 0 Å². The van der Waals surface area contributed by atoms with Gasteiger partial charge in [0.2, 0.25) is 0 Å². The molecule has 0 radical (unpaired) electrons. The van der Waals surface area contributed by atoms with Crippen molar-refractivity contribution in [3.63, 3.8) is 0 Å². The monoisotopic (exact) mass is 268 g/mol. The number of ether oxygens (including phenoxy) is 2. The first-order chi connectivity index (χ1) is 7.49. The van der Waals surface area contributed by atoms with Gasteiger partial charge < -0.3 is 9.47 Å².